The van der Waals surface area contributed by atoms with Crippen molar-refractivity contribution in [2.24, 2.45) is 0 Å². The molecule has 0 bridgehead atoms. The first-order valence-electron chi connectivity index (χ1n) is 8.65. The highest BCUT2D eigenvalue weighted by molar-refractivity contribution is 5.93. The number of aromatic hydroxyl groups is 1. The van der Waals surface area contributed by atoms with Gasteiger partial charge in [-0.2, -0.15) is 10.1 Å². The minimum Gasteiger partial charge on any atom is -0.507 e. The molecular formula is C18H19N5O3. The Labute approximate surface area is 149 Å². The van der Waals surface area contributed by atoms with E-state index in [1.165, 1.54) is 12.8 Å². The van der Waals surface area contributed by atoms with Gasteiger partial charge in [0.2, 0.25) is 5.89 Å². The van der Waals surface area contributed by atoms with Crippen LogP contribution in [0.3, 0.4) is 0 Å². The van der Waals surface area contributed by atoms with Crippen LogP contribution in [0, 0.1) is 0 Å². The number of aromatic nitrogens is 4. The molecule has 1 aliphatic rings. The molecule has 0 spiro atoms. The van der Waals surface area contributed by atoms with Gasteiger partial charge in [0.1, 0.15) is 11.4 Å². The normalized spacial score (nSPS) is 14.6. The second kappa shape index (κ2) is 6.99. The van der Waals surface area contributed by atoms with E-state index in [-0.39, 0.29) is 18.2 Å². The van der Waals surface area contributed by atoms with E-state index in [1.807, 2.05) is 0 Å². The monoisotopic (exact) mass is 353 g/mol. The van der Waals surface area contributed by atoms with Crippen molar-refractivity contribution in [3.8, 4) is 17.0 Å². The lowest BCUT2D eigenvalue weighted by Gasteiger charge is -2.00. The molecule has 2 aromatic heterocycles. The number of para-hydroxylation sites is 1. The van der Waals surface area contributed by atoms with Gasteiger partial charge in [-0.15, -0.1) is 0 Å². The Morgan fingerprint density at radius 2 is 2.12 bits per heavy atom. The predicted octanol–water partition coefficient (Wildman–Crippen LogP) is 2.75. The predicted molar refractivity (Wildman–Crippen MR) is 92.4 cm³/mol. The molecule has 0 unspecified atom stereocenters. The van der Waals surface area contributed by atoms with E-state index in [0.29, 0.717) is 34.6 Å². The highest BCUT2D eigenvalue weighted by Crippen LogP contribution is 2.32. The van der Waals surface area contributed by atoms with E-state index < -0.39 is 0 Å². The zero-order valence-electron chi connectivity index (χ0n) is 14.1. The van der Waals surface area contributed by atoms with Crippen molar-refractivity contribution in [1.82, 2.24) is 25.7 Å². The molecule has 1 aliphatic carbocycles. The number of amides is 1. The van der Waals surface area contributed by atoms with Gasteiger partial charge in [-0.05, 0) is 31.0 Å². The maximum absolute atomic E-state index is 12.3. The quantitative estimate of drug-likeness (QED) is 0.649. The fraction of sp³-hybridized carbons (Fsp3) is 0.333. The lowest BCUT2D eigenvalue weighted by Crippen LogP contribution is -2.23. The molecule has 1 aromatic carbocycles. The Hall–Kier alpha value is -3.16. The summed E-state index contributed by atoms with van der Waals surface area (Å²) in [5, 5.41) is 23.3. The second-order valence-electron chi connectivity index (χ2n) is 6.40. The van der Waals surface area contributed by atoms with Crippen molar-refractivity contribution in [2.75, 3.05) is 0 Å². The zero-order valence-corrected chi connectivity index (χ0v) is 14.1. The van der Waals surface area contributed by atoms with Crippen LogP contribution in [-0.4, -0.2) is 31.4 Å². The Morgan fingerprint density at radius 1 is 1.31 bits per heavy atom. The van der Waals surface area contributed by atoms with Crippen molar-refractivity contribution in [2.45, 2.75) is 38.1 Å². The minimum atomic E-state index is -0.327. The van der Waals surface area contributed by atoms with E-state index in [4.69, 9.17) is 4.52 Å². The minimum absolute atomic E-state index is 0.109. The van der Waals surface area contributed by atoms with E-state index in [9.17, 15) is 9.90 Å². The lowest BCUT2D eigenvalue weighted by molar-refractivity contribution is 0.0944. The van der Waals surface area contributed by atoms with E-state index in [2.05, 4.69) is 25.7 Å². The van der Waals surface area contributed by atoms with Gasteiger partial charge in [0, 0.05) is 11.5 Å². The first-order valence-corrected chi connectivity index (χ1v) is 8.65. The van der Waals surface area contributed by atoms with Crippen LogP contribution < -0.4 is 5.32 Å². The molecule has 134 valence electrons. The van der Waals surface area contributed by atoms with Crippen LogP contribution in [0.2, 0.25) is 0 Å². The average Bonchev–Trinajstić information content (AvgIpc) is 3.40. The standard InChI is InChI=1S/C18H19N5O3/c24-15-8-4-3-7-12(15)13-9-14(22-21-13)17(25)19-10-16-20-18(26-23-16)11-5-1-2-6-11/h3-4,7-9,11,24H,1-2,5-6,10H2,(H,19,25)(H,21,22). The molecule has 1 amide bonds. The third kappa shape index (κ3) is 3.30. The maximum Gasteiger partial charge on any atom is 0.269 e. The SMILES string of the molecule is O=C(NCc1noc(C2CCCC2)n1)c1cc(-c2ccccc2O)n[nH]1. The number of phenolic OH excluding ortho intramolecular Hbond substituents is 1. The molecule has 1 saturated carbocycles. The summed E-state index contributed by atoms with van der Waals surface area (Å²) < 4.78 is 5.30. The molecule has 3 aromatic rings. The summed E-state index contributed by atoms with van der Waals surface area (Å²) in [6.07, 6.45) is 4.55. The average molecular weight is 353 g/mol. The Kier molecular flexibility index (Phi) is 4.39. The van der Waals surface area contributed by atoms with Crippen LogP contribution in [0.4, 0.5) is 0 Å². The molecule has 0 radical (unpaired) electrons. The highest BCUT2D eigenvalue weighted by atomic mass is 16.5. The van der Waals surface area contributed by atoms with Gasteiger partial charge in [-0.1, -0.05) is 30.1 Å². The van der Waals surface area contributed by atoms with E-state index >= 15 is 0 Å². The molecule has 2 heterocycles. The third-order valence-corrected chi connectivity index (χ3v) is 4.60. The summed E-state index contributed by atoms with van der Waals surface area (Å²) >= 11 is 0. The first kappa shape index (κ1) is 16.3. The van der Waals surface area contributed by atoms with Crippen molar-refractivity contribution >= 4 is 5.91 Å². The Morgan fingerprint density at radius 3 is 2.92 bits per heavy atom. The molecule has 0 saturated heterocycles. The molecule has 1 fully saturated rings. The van der Waals surface area contributed by atoms with Gasteiger partial charge in [0.15, 0.2) is 5.82 Å². The summed E-state index contributed by atoms with van der Waals surface area (Å²) in [5.74, 6) is 1.25. The molecule has 3 N–H and O–H groups in total. The summed E-state index contributed by atoms with van der Waals surface area (Å²) in [4.78, 5) is 16.7. The molecule has 8 heteroatoms. The van der Waals surface area contributed by atoms with Crippen LogP contribution in [0.15, 0.2) is 34.9 Å². The smallest absolute Gasteiger partial charge is 0.269 e. The largest absolute Gasteiger partial charge is 0.507 e. The number of rotatable bonds is 5. The van der Waals surface area contributed by atoms with Crippen LogP contribution in [0.25, 0.3) is 11.3 Å². The number of nitrogens with one attached hydrogen (secondary N) is 2. The van der Waals surface area contributed by atoms with Gasteiger partial charge in [0.05, 0.1) is 12.2 Å². The van der Waals surface area contributed by atoms with Crippen LogP contribution in [-0.2, 0) is 6.54 Å². The summed E-state index contributed by atoms with van der Waals surface area (Å²) in [6.45, 7) is 0.181. The van der Waals surface area contributed by atoms with Gasteiger partial charge < -0.3 is 14.9 Å². The number of carbonyl (C=O) groups is 1. The van der Waals surface area contributed by atoms with Gasteiger partial charge in [-0.3, -0.25) is 9.89 Å². The molecule has 8 nitrogen and oxygen atoms in total. The molecular weight excluding hydrogens is 334 g/mol. The topological polar surface area (TPSA) is 117 Å². The number of benzene rings is 1. The molecule has 0 atom stereocenters. The van der Waals surface area contributed by atoms with Gasteiger partial charge >= 0.3 is 0 Å². The van der Waals surface area contributed by atoms with E-state index in [0.717, 1.165) is 12.8 Å². The van der Waals surface area contributed by atoms with Crippen LogP contribution in [0.5, 0.6) is 5.75 Å². The summed E-state index contributed by atoms with van der Waals surface area (Å²) in [5.41, 5.74) is 1.35. The highest BCUT2D eigenvalue weighted by Gasteiger charge is 2.23. The number of carbonyl (C=O) groups excluding carboxylic acids is 1. The van der Waals surface area contributed by atoms with Crippen molar-refractivity contribution in [3.63, 3.8) is 0 Å². The van der Waals surface area contributed by atoms with Crippen molar-refractivity contribution < 1.29 is 14.4 Å². The number of phenols is 1. The van der Waals surface area contributed by atoms with Gasteiger partial charge in [0.25, 0.3) is 5.91 Å². The second-order valence-corrected chi connectivity index (χ2v) is 6.40. The summed E-state index contributed by atoms with van der Waals surface area (Å²) in [6, 6.07) is 8.41. The molecule has 4 rings (SSSR count). The maximum atomic E-state index is 12.3. The van der Waals surface area contributed by atoms with Crippen LogP contribution >= 0.6 is 0 Å². The number of H-pyrrole nitrogens is 1. The third-order valence-electron chi connectivity index (χ3n) is 4.60. The first-order chi connectivity index (χ1) is 12.7. The van der Waals surface area contributed by atoms with Crippen molar-refractivity contribution in [1.29, 1.82) is 0 Å². The lowest BCUT2D eigenvalue weighted by atomic mass is 10.1. The van der Waals surface area contributed by atoms with E-state index in [1.54, 1.807) is 30.3 Å². The Bertz CT molecular complexity index is 911. The fourth-order valence-corrected chi connectivity index (χ4v) is 3.20. The fourth-order valence-electron chi connectivity index (χ4n) is 3.20. The summed E-state index contributed by atoms with van der Waals surface area (Å²) in [7, 11) is 0. The zero-order chi connectivity index (χ0) is 17.9. The number of nitrogens with zero attached hydrogens (tertiary/aromatic N) is 3. The van der Waals surface area contributed by atoms with Crippen LogP contribution in [0.1, 0.15) is 53.8 Å². The number of aromatic amines is 1. The molecule has 0 aliphatic heterocycles. The molecule has 26 heavy (non-hydrogen) atoms. The van der Waals surface area contributed by atoms with Crippen molar-refractivity contribution in [3.05, 3.63) is 47.7 Å². The number of hydrogen-bond donors (Lipinski definition) is 3. The van der Waals surface area contributed by atoms with Gasteiger partial charge in [-0.25, -0.2) is 0 Å². The Balaban J connectivity index is 1.39. The number of hydrogen-bond acceptors (Lipinski definition) is 6.